The number of sulfonamides is 1. The molecule has 4 rings (SSSR count). The summed E-state index contributed by atoms with van der Waals surface area (Å²) in [5.74, 6) is -1.08. The van der Waals surface area contributed by atoms with Crippen LogP contribution in [0.1, 0.15) is 19.3 Å². The number of piperidine rings is 1. The molecule has 0 saturated carbocycles. The molecule has 0 unspecified atom stereocenters. The third kappa shape index (κ3) is 3.96. The number of hydrogen-bond acceptors (Lipinski definition) is 5. The van der Waals surface area contributed by atoms with Crippen molar-refractivity contribution in [2.24, 2.45) is 0 Å². The highest BCUT2D eigenvalue weighted by Crippen LogP contribution is 2.23. The fourth-order valence-corrected chi connectivity index (χ4v) is 5.06. The minimum absolute atomic E-state index is 0.142. The summed E-state index contributed by atoms with van der Waals surface area (Å²) in [7, 11) is -3.59. The molecule has 1 N–H and O–H groups in total. The summed E-state index contributed by atoms with van der Waals surface area (Å²) in [5, 5.41) is 2.66. The van der Waals surface area contributed by atoms with E-state index in [1.165, 1.54) is 21.0 Å². The second-order valence-electron chi connectivity index (χ2n) is 6.96. The molecule has 0 spiro atoms. The fraction of sp³-hybridized carbons (Fsp3) is 0.300. The highest BCUT2D eigenvalue weighted by atomic mass is 32.2. The van der Waals surface area contributed by atoms with Crippen LogP contribution in [0.4, 0.5) is 5.69 Å². The Morgan fingerprint density at radius 3 is 2.59 bits per heavy atom. The van der Waals surface area contributed by atoms with Crippen LogP contribution in [0, 0.1) is 0 Å². The minimum Gasteiger partial charge on any atom is -0.408 e. The second-order valence-corrected chi connectivity index (χ2v) is 8.90. The Morgan fingerprint density at radius 2 is 1.79 bits per heavy atom. The molecule has 9 heteroatoms. The van der Waals surface area contributed by atoms with Crippen molar-refractivity contribution in [1.82, 2.24) is 8.87 Å². The van der Waals surface area contributed by atoms with Crippen LogP contribution < -0.4 is 11.1 Å². The highest BCUT2D eigenvalue weighted by Gasteiger charge is 2.26. The average Bonchev–Trinajstić information content (AvgIpc) is 3.04. The molecule has 1 aliphatic rings. The van der Waals surface area contributed by atoms with Crippen LogP contribution in [0.2, 0.25) is 0 Å². The van der Waals surface area contributed by atoms with Gasteiger partial charge in [0.15, 0.2) is 5.58 Å². The van der Waals surface area contributed by atoms with Gasteiger partial charge >= 0.3 is 5.76 Å². The van der Waals surface area contributed by atoms with Crippen molar-refractivity contribution in [3.63, 3.8) is 0 Å². The second kappa shape index (κ2) is 7.84. The number of hydrogen-bond donors (Lipinski definition) is 1. The molecule has 1 aliphatic heterocycles. The zero-order valence-electron chi connectivity index (χ0n) is 15.7. The van der Waals surface area contributed by atoms with Crippen LogP contribution in [-0.4, -0.2) is 36.3 Å². The number of aromatic nitrogens is 1. The quantitative estimate of drug-likeness (QED) is 0.690. The predicted octanol–water partition coefficient (Wildman–Crippen LogP) is 2.41. The molecule has 1 saturated heterocycles. The lowest BCUT2D eigenvalue weighted by Gasteiger charge is -2.26. The van der Waals surface area contributed by atoms with Crippen molar-refractivity contribution in [1.29, 1.82) is 0 Å². The lowest BCUT2D eigenvalue weighted by Crippen LogP contribution is -2.35. The minimum atomic E-state index is -3.59. The first-order valence-corrected chi connectivity index (χ1v) is 10.9. The summed E-state index contributed by atoms with van der Waals surface area (Å²) < 4.78 is 33.5. The van der Waals surface area contributed by atoms with Gasteiger partial charge < -0.3 is 9.73 Å². The molecule has 2 heterocycles. The van der Waals surface area contributed by atoms with E-state index in [2.05, 4.69) is 5.32 Å². The van der Waals surface area contributed by atoms with Crippen molar-refractivity contribution < 1.29 is 17.6 Å². The first kappa shape index (κ1) is 19.4. The van der Waals surface area contributed by atoms with Crippen LogP contribution in [0.3, 0.4) is 0 Å². The first-order chi connectivity index (χ1) is 13.9. The van der Waals surface area contributed by atoms with Gasteiger partial charge in [-0.25, -0.2) is 13.2 Å². The van der Waals surface area contributed by atoms with Crippen molar-refractivity contribution in [2.75, 3.05) is 18.4 Å². The Hall–Kier alpha value is -2.91. The van der Waals surface area contributed by atoms with Gasteiger partial charge in [-0.2, -0.15) is 4.31 Å². The lowest BCUT2D eigenvalue weighted by atomic mass is 10.2. The van der Waals surface area contributed by atoms with E-state index in [0.29, 0.717) is 29.9 Å². The maximum atomic E-state index is 12.8. The van der Waals surface area contributed by atoms with E-state index in [1.807, 2.05) is 0 Å². The number of anilines is 1. The van der Waals surface area contributed by atoms with Gasteiger partial charge in [0.2, 0.25) is 15.9 Å². The van der Waals surface area contributed by atoms with E-state index in [1.54, 1.807) is 36.4 Å². The van der Waals surface area contributed by atoms with E-state index in [9.17, 15) is 18.0 Å². The van der Waals surface area contributed by atoms with Crippen molar-refractivity contribution in [2.45, 2.75) is 30.7 Å². The first-order valence-electron chi connectivity index (χ1n) is 9.43. The number of fused-ring (bicyclic) bond motifs is 1. The van der Waals surface area contributed by atoms with Crippen LogP contribution in [0.5, 0.6) is 0 Å². The molecular weight excluding hydrogens is 394 g/mol. The van der Waals surface area contributed by atoms with Crippen LogP contribution in [-0.2, 0) is 21.4 Å². The Morgan fingerprint density at radius 1 is 1.03 bits per heavy atom. The maximum absolute atomic E-state index is 12.8. The summed E-state index contributed by atoms with van der Waals surface area (Å²) in [4.78, 5) is 24.6. The summed E-state index contributed by atoms with van der Waals surface area (Å²) in [6, 6.07) is 13.0. The van der Waals surface area contributed by atoms with Crippen LogP contribution >= 0.6 is 0 Å². The normalized spacial score (nSPS) is 15.4. The van der Waals surface area contributed by atoms with E-state index in [4.69, 9.17) is 4.42 Å². The van der Waals surface area contributed by atoms with Gasteiger partial charge in [0.1, 0.15) is 6.54 Å². The molecule has 8 nitrogen and oxygen atoms in total. The van der Waals surface area contributed by atoms with Crippen molar-refractivity contribution >= 4 is 32.7 Å². The third-order valence-electron chi connectivity index (χ3n) is 4.95. The number of nitrogens with zero attached hydrogens (tertiary/aromatic N) is 2. The van der Waals surface area contributed by atoms with E-state index >= 15 is 0 Å². The number of benzene rings is 2. The molecule has 1 amide bonds. The zero-order valence-corrected chi connectivity index (χ0v) is 16.5. The predicted molar refractivity (Wildman–Crippen MR) is 108 cm³/mol. The largest absolute Gasteiger partial charge is 0.420 e. The number of para-hydroxylation sites is 2. The standard InChI is InChI=1S/C20H21N3O5S/c24-19(14-23-17-9-2-3-10-18(17)28-20(23)25)21-15-7-6-8-16(13-15)29(26,27)22-11-4-1-5-12-22/h2-3,6-10,13H,1,4-5,11-12,14H2,(H,21,24). The number of nitrogens with one attached hydrogen (secondary N) is 1. The fourth-order valence-electron chi connectivity index (χ4n) is 3.50. The van der Waals surface area contributed by atoms with E-state index in [0.717, 1.165) is 19.3 Å². The molecule has 1 aromatic heterocycles. The summed E-state index contributed by atoms with van der Waals surface area (Å²) in [5.41, 5.74) is 1.28. The SMILES string of the molecule is O=C(Cn1c(=O)oc2ccccc21)Nc1cccc(S(=O)(=O)N2CCCCC2)c1. The summed E-state index contributed by atoms with van der Waals surface area (Å²) >= 11 is 0. The molecular formula is C20H21N3O5S. The Balaban J connectivity index is 1.52. The van der Waals surface area contributed by atoms with Gasteiger partial charge in [-0.1, -0.05) is 24.6 Å². The number of oxazole rings is 1. The van der Waals surface area contributed by atoms with Gasteiger partial charge in [0.25, 0.3) is 0 Å². The smallest absolute Gasteiger partial charge is 0.408 e. The third-order valence-corrected chi connectivity index (χ3v) is 6.84. The molecule has 3 aromatic rings. The summed E-state index contributed by atoms with van der Waals surface area (Å²) in [6.45, 7) is 0.781. The van der Waals surface area contributed by atoms with Crippen LogP contribution in [0.25, 0.3) is 11.1 Å². The number of carbonyl (C=O) groups is 1. The average molecular weight is 415 g/mol. The van der Waals surface area contributed by atoms with Gasteiger partial charge in [0.05, 0.1) is 10.4 Å². The van der Waals surface area contributed by atoms with Crippen LogP contribution in [0.15, 0.2) is 62.6 Å². The van der Waals surface area contributed by atoms with Gasteiger partial charge in [-0.15, -0.1) is 0 Å². The highest BCUT2D eigenvalue weighted by molar-refractivity contribution is 7.89. The Bertz CT molecular complexity index is 1210. The van der Waals surface area contributed by atoms with Crippen molar-refractivity contribution in [3.05, 3.63) is 59.1 Å². The van der Waals surface area contributed by atoms with E-state index in [-0.39, 0.29) is 11.4 Å². The number of rotatable bonds is 5. The Labute approximate surface area is 167 Å². The van der Waals surface area contributed by atoms with Gasteiger partial charge in [-0.05, 0) is 43.2 Å². The number of amides is 1. The van der Waals surface area contributed by atoms with Gasteiger partial charge in [-0.3, -0.25) is 9.36 Å². The summed E-state index contributed by atoms with van der Waals surface area (Å²) in [6.07, 6.45) is 2.73. The molecule has 0 aliphatic carbocycles. The topological polar surface area (TPSA) is 102 Å². The molecule has 29 heavy (non-hydrogen) atoms. The molecule has 0 radical (unpaired) electrons. The molecule has 1 fully saturated rings. The molecule has 2 aromatic carbocycles. The molecule has 0 bridgehead atoms. The monoisotopic (exact) mass is 415 g/mol. The van der Waals surface area contributed by atoms with Gasteiger partial charge in [0, 0.05) is 18.8 Å². The molecule has 152 valence electrons. The molecule has 0 atom stereocenters. The van der Waals surface area contributed by atoms with E-state index < -0.39 is 21.7 Å². The lowest BCUT2D eigenvalue weighted by molar-refractivity contribution is -0.116. The Kier molecular flexibility index (Phi) is 5.25. The maximum Gasteiger partial charge on any atom is 0.420 e. The number of carbonyl (C=O) groups excluding carboxylic acids is 1. The zero-order chi connectivity index (χ0) is 20.4. The van der Waals surface area contributed by atoms with Crippen molar-refractivity contribution in [3.8, 4) is 0 Å².